The molecule has 4 unspecified atom stereocenters. The summed E-state index contributed by atoms with van der Waals surface area (Å²) in [6, 6.07) is 1.77. The minimum Gasteiger partial charge on any atom is -0.398 e. The maximum atomic E-state index is 10.4. The van der Waals surface area contributed by atoms with E-state index in [1.807, 2.05) is 0 Å². The van der Waals surface area contributed by atoms with Gasteiger partial charge in [-0.1, -0.05) is 6.42 Å². The van der Waals surface area contributed by atoms with Crippen LogP contribution in [0.2, 0.25) is 0 Å². The van der Waals surface area contributed by atoms with E-state index in [0.29, 0.717) is 17.5 Å². The molecule has 3 rings (SSSR count). The Kier molecular flexibility index (Phi) is 2.36. The van der Waals surface area contributed by atoms with Crippen LogP contribution in [0, 0.1) is 17.8 Å². The molecule has 2 aliphatic rings. The van der Waals surface area contributed by atoms with Crippen LogP contribution in [-0.4, -0.2) is 10.1 Å². The molecule has 1 aromatic heterocycles. The number of anilines is 1. The SMILES string of the molecule is Nc1ccncc1C(O)C1CC2CCC1C2. The van der Waals surface area contributed by atoms with Gasteiger partial charge in [-0.3, -0.25) is 4.98 Å². The number of aromatic nitrogens is 1. The lowest BCUT2D eigenvalue weighted by molar-refractivity contribution is 0.0748. The molecule has 16 heavy (non-hydrogen) atoms. The normalized spacial score (nSPS) is 34.2. The van der Waals surface area contributed by atoms with Crippen LogP contribution in [0.25, 0.3) is 0 Å². The van der Waals surface area contributed by atoms with Gasteiger partial charge in [0.05, 0.1) is 6.10 Å². The Hall–Kier alpha value is -1.09. The lowest BCUT2D eigenvalue weighted by atomic mass is 9.82. The van der Waals surface area contributed by atoms with Crippen LogP contribution in [0.1, 0.15) is 37.4 Å². The summed E-state index contributed by atoms with van der Waals surface area (Å²) in [5, 5.41) is 10.4. The average Bonchev–Trinajstić information content (AvgIpc) is 2.90. The number of nitrogen functional groups attached to an aromatic ring is 1. The van der Waals surface area contributed by atoms with Gasteiger partial charge in [-0.15, -0.1) is 0 Å². The molecule has 86 valence electrons. The van der Waals surface area contributed by atoms with Crippen molar-refractivity contribution in [1.82, 2.24) is 4.98 Å². The molecule has 0 radical (unpaired) electrons. The Labute approximate surface area is 95.7 Å². The highest BCUT2D eigenvalue weighted by atomic mass is 16.3. The van der Waals surface area contributed by atoms with E-state index in [1.54, 1.807) is 18.5 Å². The molecule has 2 aliphatic carbocycles. The molecule has 3 nitrogen and oxygen atoms in total. The van der Waals surface area contributed by atoms with Crippen LogP contribution in [0.4, 0.5) is 5.69 Å². The Morgan fingerprint density at radius 2 is 2.25 bits per heavy atom. The van der Waals surface area contributed by atoms with Gasteiger partial charge in [0, 0.05) is 23.6 Å². The number of nitrogens with zero attached hydrogens (tertiary/aromatic N) is 1. The zero-order valence-corrected chi connectivity index (χ0v) is 9.34. The molecule has 0 spiro atoms. The van der Waals surface area contributed by atoms with Crippen molar-refractivity contribution in [3.63, 3.8) is 0 Å². The predicted octanol–water partition coefficient (Wildman–Crippen LogP) is 2.13. The summed E-state index contributed by atoms with van der Waals surface area (Å²) in [5.74, 6) is 1.97. The molecule has 2 saturated carbocycles. The molecule has 1 aromatic rings. The topological polar surface area (TPSA) is 59.1 Å². The number of pyridine rings is 1. The molecule has 0 amide bonds. The first-order valence-electron chi connectivity index (χ1n) is 6.13. The van der Waals surface area contributed by atoms with Gasteiger partial charge in [0.1, 0.15) is 0 Å². The third-order valence-electron chi connectivity index (χ3n) is 4.40. The van der Waals surface area contributed by atoms with Crippen LogP contribution in [0.5, 0.6) is 0 Å². The lowest BCUT2D eigenvalue weighted by Gasteiger charge is -2.27. The first-order valence-corrected chi connectivity index (χ1v) is 6.13. The van der Waals surface area contributed by atoms with Crippen molar-refractivity contribution in [2.24, 2.45) is 17.8 Å². The van der Waals surface area contributed by atoms with Gasteiger partial charge >= 0.3 is 0 Å². The number of hydrogen-bond donors (Lipinski definition) is 2. The van der Waals surface area contributed by atoms with Crippen molar-refractivity contribution < 1.29 is 5.11 Å². The van der Waals surface area contributed by atoms with E-state index in [0.717, 1.165) is 11.5 Å². The fraction of sp³-hybridized carbons (Fsp3) is 0.615. The van der Waals surface area contributed by atoms with Crippen molar-refractivity contribution in [2.45, 2.75) is 31.8 Å². The number of nitrogens with two attached hydrogens (primary N) is 1. The summed E-state index contributed by atoms with van der Waals surface area (Å²) in [5.41, 5.74) is 7.38. The minimum atomic E-state index is -0.413. The highest BCUT2D eigenvalue weighted by Gasteiger charge is 2.43. The number of rotatable bonds is 2. The monoisotopic (exact) mass is 218 g/mol. The Morgan fingerprint density at radius 3 is 2.88 bits per heavy atom. The fourth-order valence-corrected chi connectivity index (χ4v) is 3.58. The third-order valence-corrected chi connectivity index (χ3v) is 4.40. The number of aliphatic hydroxyl groups excluding tert-OH is 1. The standard InChI is InChI=1S/C13H18N2O/c14-12-3-4-15-7-11(12)13(16)10-6-8-1-2-9(10)5-8/h3-4,7-10,13,16H,1-2,5-6H2,(H2,14,15). The molecule has 4 atom stereocenters. The fourth-order valence-electron chi connectivity index (χ4n) is 3.58. The molecule has 3 heteroatoms. The smallest absolute Gasteiger partial charge is 0.0855 e. The maximum Gasteiger partial charge on any atom is 0.0855 e. The highest BCUT2D eigenvalue weighted by molar-refractivity contribution is 5.45. The van der Waals surface area contributed by atoms with E-state index >= 15 is 0 Å². The van der Waals surface area contributed by atoms with Gasteiger partial charge in [-0.05, 0) is 43.1 Å². The van der Waals surface area contributed by atoms with Crippen LogP contribution < -0.4 is 5.73 Å². The number of aliphatic hydroxyl groups is 1. The summed E-state index contributed by atoms with van der Waals surface area (Å²) in [6.07, 6.45) is 8.09. The molecule has 2 fully saturated rings. The molecule has 3 N–H and O–H groups in total. The van der Waals surface area contributed by atoms with Crippen LogP contribution in [0.3, 0.4) is 0 Å². The summed E-state index contributed by atoms with van der Waals surface area (Å²) < 4.78 is 0. The molecule has 0 aromatic carbocycles. The highest BCUT2D eigenvalue weighted by Crippen LogP contribution is 2.52. The van der Waals surface area contributed by atoms with E-state index in [-0.39, 0.29) is 0 Å². The summed E-state index contributed by atoms with van der Waals surface area (Å²) in [6.45, 7) is 0. The van der Waals surface area contributed by atoms with Crippen molar-refractivity contribution in [3.8, 4) is 0 Å². The van der Waals surface area contributed by atoms with Crippen molar-refractivity contribution in [3.05, 3.63) is 24.0 Å². The van der Waals surface area contributed by atoms with E-state index < -0.39 is 6.10 Å². The Bertz CT molecular complexity index is 393. The molecule has 1 heterocycles. The number of hydrogen-bond acceptors (Lipinski definition) is 3. The van der Waals surface area contributed by atoms with Gasteiger partial charge in [0.25, 0.3) is 0 Å². The first-order chi connectivity index (χ1) is 7.75. The predicted molar refractivity (Wildman–Crippen MR) is 62.5 cm³/mol. The van der Waals surface area contributed by atoms with Crippen molar-refractivity contribution in [2.75, 3.05) is 5.73 Å². The van der Waals surface area contributed by atoms with Crippen LogP contribution in [-0.2, 0) is 0 Å². The molecule has 0 aliphatic heterocycles. The zero-order chi connectivity index (χ0) is 11.1. The van der Waals surface area contributed by atoms with Gasteiger partial charge in [0.15, 0.2) is 0 Å². The molecular weight excluding hydrogens is 200 g/mol. The van der Waals surface area contributed by atoms with Gasteiger partial charge in [-0.25, -0.2) is 0 Å². The quantitative estimate of drug-likeness (QED) is 0.799. The molecule has 0 saturated heterocycles. The second-order valence-electron chi connectivity index (χ2n) is 5.29. The van der Waals surface area contributed by atoms with E-state index in [4.69, 9.17) is 5.73 Å². The Morgan fingerprint density at radius 1 is 1.38 bits per heavy atom. The van der Waals surface area contributed by atoms with Gasteiger partial charge in [0.2, 0.25) is 0 Å². The average molecular weight is 218 g/mol. The zero-order valence-electron chi connectivity index (χ0n) is 9.34. The molecular formula is C13H18N2O. The van der Waals surface area contributed by atoms with Gasteiger partial charge in [-0.2, -0.15) is 0 Å². The summed E-state index contributed by atoms with van der Waals surface area (Å²) >= 11 is 0. The van der Waals surface area contributed by atoms with Crippen LogP contribution >= 0.6 is 0 Å². The second kappa shape index (κ2) is 3.74. The van der Waals surface area contributed by atoms with E-state index in [2.05, 4.69) is 4.98 Å². The lowest BCUT2D eigenvalue weighted by Crippen LogP contribution is -2.20. The van der Waals surface area contributed by atoms with Crippen molar-refractivity contribution >= 4 is 5.69 Å². The maximum absolute atomic E-state index is 10.4. The van der Waals surface area contributed by atoms with E-state index in [9.17, 15) is 5.11 Å². The van der Waals surface area contributed by atoms with Crippen molar-refractivity contribution in [1.29, 1.82) is 0 Å². The summed E-state index contributed by atoms with van der Waals surface area (Å²) in [4.78, 5) is 4.06. The largest absolute Gasteiger partial charge is 0.398 e. The van der Waals surface area contributed by atoms with Crippen LogP contribution in [0.15, 0.2) is 18.5 Å². The summed E-state index contributed by atoms with van der Waals surface area (Å²) in [7, 11) is 0. The van der Waals surface area contributed by atoms with E-state index in [1.165, 1.54) is 25.7 Å². The third kappa shape index (κ3) is 1.50. The van der Waals surface area contributed by atoms with Gasteiger partial charge < -0.3 is 10.8 Å². The second-order valence-corrected chi connectivity index (χ2v) is 5.29. The number of fused-ring (bicyclic) bond motifs is 2. The Balaban J connectivity index is 1.83. The minimum absolute atomic E-state index is 0.408. The molecule has 2 bridgehead atoms. The first kappa shape index (κ1) is 10.1.